The Hall–Kier alpha value is -2.70. The number of hydrogen-bond donors (Lipinski definition) is 1. The summed E-state index contributed by atoms with van der Waals surface area (Å²) in [6.45, 7) is 2.60. The smallest absolute Gasteiger partial charge is 0.256 e. The normalized spacial score (nSPS) is 10.9. The molecule has 34 heavy (non-hydrogen) atoms. The number of ether oxygens (including phenoxy) is 1. The molecule has 1 heterocycles. The van der Waals surface area contributed by atoms with Crippen LogP contribution >= 0.6 is 46.4 Å². The van der Waals surface area contributed by atoms with Gasteiger partial charge in [0.05, 0.1) is 11.6 Å². The molecular weight excluding hydrogens is 516 g/mol. The van der Waals surface area contributed by atoms with Crippen LogP contribution in [0.4, 0.5) is 5.82 Å². The molecule has 5 nitrogen and oxygen atoms in total. The highest BCUT2D eigenvalue weighted by Gasteiger charge is 2.13. The van der Waals surface area contributed by atoms with E-state index in [-0.39, 0.29) is 12.5 Å². The minimum atomic E-state index is -0.281. The van der Waals surface area contributed by atoms with Crippen molar-refractivity contribution < 1.29 is 9.53 Å². The van der Waals surface area contributed by atoms with Gasteiger partial charge in [-0.3, -0.25) is 9.48 Å². The lowest BCUT2D eigenvalue weighted by Gasteiger charge is -2.10. The summed E-state index contributed by atoms with van der Waals surface area (Å²) in [5.74, 6) is 0.641. The second kappa shape index (κ2) is 10.7. The van der Waals surface area contributed by atoms with E-state index in [2.05, 4.69) is 10.4 Å². The lowest BCUT2D eigenvalue weighted by Crippen LogP contribution is -2.13. The van der Waals surface area contributed by atoms with Crippen molar-refractivity contribution in [3.05, 3.63) is 109 Å². The predicted octanol–water partition coefficient (Wildman–Crippen LogP) is 7.68. The number of hydrogen-bond acceptors (Lipinski definition) is 3. The van der Waals surface area contributed by atoms with E-state index in [1.165, 1.54) is 0 Å². The van der Waals surface area contributed by atoms with Gasteiger partial charge in [-0.2, -0.15) is 5.10 Å². The third-order valence-electron chi connectivity index (χ3n) is 5.06. The molecule has 1 aromatic heterocycles. The quantitative estimate of drug-likeness (QED) is 0.264. The summed E-state index contributed by atoms with van der Waals surface area (Å²) in [5.41, 5.74) is 3.04. The van der Waals surface area contributed by atoms with Crippen LogP contribution in [0.15, 0.2) is 66.7 Å². The van der Waals surface area contributed by atoms with Gasteiger partial charge in [-0.15, -0.1) is 0 Å². The molecular formula is C25H19Cl4N3O2. The second-order valence-electron chi connectivity index (χ2n) is 7.56. The van der Waals surface area contributed by atoms with E-state index in [1.807, 2.05) is 19.1 Å². The van der Waals surface area contributed by atoms with Crippen molar-refractivity contribution in [3.8, 4) is 5.75 Å². The molecule has 0 atom stereocenters. The fourth-order valence-corrected chi connectivity index (χ4v) is 4.10. The van der Waals surface area contributed by atoms with Crippen LogP contribution in [0.5, 0.6) is 5.75 Å². The molecule has 9 heteroatoms. The van der Waals surface area contributed by atoms with Gasteiger partial charge in [-0.05, 0) is 54.4 Å². The molecule has 0 aliphatic carbocycles. The standard InChI is InChI=1S/C25H19Cl4N3O2/c1-15-10-23(31-32(15)13-18-8-9-19(26)12-21(18)28)30-25(33)17-5-2-4-16(11-17)14-34-22-7-3-6-20(27)24(22)29/h2-12H,13-14H2,1H3,(H,30,31,33). The first-order valence-electron chi connectivity index (χ1n) is 10.3. The molecule has 0 aliphatic rings. The molecule has 4 aromatic rings. The van der Waals surface area contributed by atoms with Gasteiger partial charge in [0.15, 0.2) is 5.82 Å². The summed E-state index contributed by atoms with van der Waals surface area (Å²) < 4.78 is 7.53. The van der Waals surface area contributed by atoms with Gasteiger partial charge in [0.25, 0.3) is 5.91 Å². The Balaban J connectivity index is 1.43. The summed E-state index contributed by atoms with van der Waals surface area (Å²) in [4.78, 5) is 12.8. The first-order chi connectivity index (χ1) is 16.3. The SMILES string of the molecule is Cc1cc(NC(=O)c2cccc(COc3cccc(Cl)c3Cl)c2)nn1Cc1ccc(Cl)cc1Cl. The number of anilines is 1. The molecule has 0 bridgehead atoms. The van der Waals surface area contributed by atoms with Gasteiger partial charge in [0, 0.05) is 27.4 Å². The number of aromatic nitrogens is 2. The van der Waals surface area contributed by atoms with E-state index in [9.17, 15) is 4.79 Å². The van der Waals surface area contributed by atoms with E-state index in [0.29, 0.717) is 43.8 Å². The average molecular weight is 535 g/mol. The van der Waals surface area contributed by atoms with Crippen molar-refractivity contribution in [1.29, 1.82) is 0 Å². The first kappa shape index (κ1) is 24.4. The van der Waals surface area contributed by atoms with Gasteiger partial charge in [-0.25, -0.2) is 0 Å². The van der Waals surface area contributed by atoms with E-state index >= 15 is 0 Å². The molecule has 0 radical (unpaired) electrons. The minimum absolute atomic E-state index is 0.233. The average Bonchev–Trinajstić information content (AvgIpc) is 3.15. The van der Waals surface area contributed by atoms with Crippen LogP contribution in [0, 0.1) is 6.92 Å². The maximum Gasteiger partial charge on any atom is 0.256 e. The topological polar surface area (TPSA) is 56.1 Å². The maximum absolute atomic E-state index is 12.8. The fourth-order valence-electron chi connectivity index (χ4n) is 3.29. The van der Waals surface area contributed by atoms with Gasteiger partial charge < -0.3 is 10.1 Å². The van der Waals surface area contributed by atoms with Gasteiger partial charge >= 0.3 is 0 Å². The number of amides is 1. The molecule has 1 N–H and O–H groups in total. The van der Waals surface area contributed by atoms with Crippen LogP contribution in [0.2, 0.25) is 20.1 Å². The van der Waals surface area contributed by atoms with Crippen molar-refractivity contribution in [2.45, 2.75) is 20.1 Å². The Morgan fingerprint density at radius 1 is 0.971 bits per heavy atom. The highest BCUT2D eigenvalue weighted by molar-refractivity contribution is 6.42. The Morgan fingerprint density at radius 3 is 2.56 bits per heavy atom. The zero-order valence-corrected chi connectivity index (χ0v) is 21.0. The van der Waals surface area contributed by atoms with E-state index in [0.717, 1.165) is 16.8 Å². The monoisotopic (exact) mass is 533 g/mol. The highest BCUT2D eigenvalue weighted by atomic mass is 35.5. The first-order valence-corrected chi connectivity index (χ1v) is 11.8. The molecule has 174 valence electrons. The lowest BCUT2D eigenvalue weighted by molar-refractivity contribution is 0.102. The summed E-state index contributed by atoms with van der Waals surface area (Å²) in [6.07, 6.45) is 0. The number of rotatable bonds is 7. The third kappa shape index (κ3) is 5.86. The van der Waals surface area contributed by atoms with E-state index in [4.69, 9.17) is 51.1 Å². The Bertz CT molecular complexity index is 1350. The van der Waals surface area contributed by atoms with Crippen LogP contribution in [0.25, 0.3) is 0 Å². The summed E-state index contributed by atoms with van der Waals surface area (Å²) >= 11 is 24.4. The zero-order chi connectivity index (χ0) is 24.2. The Morgan fingerprint density at radius 2 is 1.76 bits per heavy atom. The predicted molar refractivity (Wildman–Crippen MR) is 138 cm³/mol. The number of nitrogens with zero attached hydrogens (tertiary/aromatic N) is 2. The van der Waals surface area contributed by atoms with Gasteiger partial charge in [0.2, 0.25) is 0 Å². The Kier molecular flexibility index (Phi) is 7.69. The molecule has 0 unspecified atom stereocenters. The molecule has 0 fully saturated rings. The number of aryl methyl sites for hydroxylation is 1. The number of halogens is 4. The van der Waals surface area contributed by atoms with E-state index < -0.39 is 0 Å². The third-order valence-corrected chi connectivity index (χ3v) is 6.45. The van der Waals surface area contributed by atoms with Crippen LogP contribution in [-0.4, -0.2) is 15.7 Å². The van der Waals surface area contributed by atoms with Gasteiger partial charge in [0.1, 0.15) is 17.4 Å². The summed E-state index contributed by atoms with van der Waals surface area (Å²) in [7, 11) is 0. The number of carbonyl (C=O) groups excluding carboxylic acids is 1. The van der Waals surface area contributed by atoms with Crippen molar-refractivity contribution in [2.75, 3.05) is 5.32 Å². The lowest BCUT2D eigenvalue weighted by atomic mass is 10.1. The van der Waals surface area contributed by atoms with E-state index in [1.54, 1.807) is 59.3 Å². The van der Waals surface area contributed by atoms with Crippen molar-refractivity contribution in [1.82, 2.24) is 9.78 Å². The maximum atomic E-state index is 12.8. The molecule has 1 amide bonds. The molecule has 0 spiro atoms. The molecule has 0 aliphatic heterocycles. The Labute approximate surface area is 217 Å². The van der Waals surface area contributed by atoms with Crippen LogP contribution < -0.4 is 10.1 Å². The highest BCUT2D eigenvalue weighted by Crippen LogP contribution is 2.32. The van der Waals surface area contributed by atoms with Gasteiger partial charge in [-0.1, -0.05) is 70.7 Å². The molecule has 0 saturated carbocycles. The largest absolute Gasteiger partial charge is 0.487 e. The van der Waals surface area contributed by atoms with Crippen LogP contribution in [0.3, 0.4) is 0 Å². The number of carbonyl (C=O) groups is 1. The number of nitrogens with one attached hydrogen (secondary N) is 1. The van der Waals surface area contributed by atoms with Crippen molar-refractivity contribution in [2.24, 2.45) is 0 Å². The molecule has 3 aromatic carbocycles. The summed E-state index contributed by atoms with van der Waals surface area (Å²) in [6, 6.07) is 19.4. The summed E-state index contributed by atoms with van der Waals surface area (Å²) in [5, 5.41) is 9.23. The van der Waals surface area contributed by atoms with Crippen LogP contribution in [0.1, 0.15) is 27.2 Å². The van der Waals surface area contributed by atoms with Crippen molar-refractivity contribution >= 4 is 58.1 Å². The number of benzene rings is 3. The van der Waals surface area contributed by atoms with Crippen LogP contribution in [-0.2, 0) is 13.2 Å². The fraction of sp³-hybridized carbons (Fsp3) is 0.120. The second-order valence-corrected chi connectivity index (χ2v) is 9.19. The minimum Gasteiger partial charge on any atom is -0.487 e. The zero-order valence-electron chi connectivity index (χ0n) is 18.0. The molecule has 0 saturated heterocycles. The van der Waals surface area contributed by atoms with Crippen molar-refractivity contribution in [3.63, 3.8) is 0 Å². The molecule has 4 rings (SSSR count).